The Morgan fingerprint density at radius 3 is 2.67 bits per heavy atom. The molecule has 0 bridgehead atoms. The highest BCUT2D eigenvalue weighted by Gasteiger charge is 2.39. The summed E-state index contributed by atoms with van der Waals surface area (Å²) in [5.41, 5.74) is 1.49. The Hall–Kier alpha value is -2.49. The molecule has 0 aliphatic carbocycles. The highest BCUT2D eigenvalue weighted by molar-refractivity contribution is 5.42. The fourth-order valence-corrected chi connectivity index (χ4v) is 4.07. The normalized spacial score (nSPS) is 23.3. The Balaban J connectivity index is 1.42. The van der Waals surface area contributed by atoms with Crippen LogP contribution in [0.15, 0.2) is 42.6 Å². The molecule has 2 fully saturated rings. The number of ether oxygens (including phenoxy) is 1. The van der Waals surface area contributed by atoms with E-state index in [4.69, 9.17) is 10.00 Å². The first kappa shape index (κ1) is 17.9. The van der Waals surface area contributed by atoms with Gasteiger partial charge in [-0.05, 0) is 36.2 Å². The van der Waals surface area contributed by atoms with Crippen LogP contribution in [-0.4, -0.2) is 55.8 Å². The second kappa shape index (κ2) is 7.63. The van der Waals surface area contributed by atoms with Crippen LogP contribution in [0.1, 0.15) is 17.5 Å². The van der Waals surface area contributed by atoms with Crippen LogP contribution < -0.4 is 4.90 Å². The summed E-state index contributed by atoms with van der Waals surface area (Å²) in [6, 6.07) is 12.8. The minimum atomic E-state index is -0.185. The SMILES string of the molecule is N#Cc1ccc(N2CCN(C[C@]3(c4cccc(F)c4)CCOC3)CC2)nc1. The molecule has 6 heteroatoms. The number of hydrogen-bond donors (Lipinski definition) is 0. The molecule has 2 aliphatic heterocycles. The second-order valence-electron chi connectivity index (χ2n) is 7.37. The number of nitriles is 1. The van der Waals surface area contributed by atoms with Gasteiger partial charge in [-0.3, -0.25) is 4.90 Å². The Morgan fingerprint density at radius 1 is 1.19 bits per heavy atom. The fraction of sp³-hybridized carbons (Fsp3) is 0.429. The largest absolute Gasteiger partial charge is 0.380 e. The van der Waals surface area contributed by atoms with E-state index < -0.39 is 0 Å². The minimum absolute atomic E-state index is 0.128. The quantitative estimate of drug-likeness (QED) is 0.832. The first-order valence-electron chi connectivity index (χ1n) is 9.36. The predicted molar refractivity (Wildman–Crippen MR) is 101 cm³/mol. The number of hydrogen-bond acceptors (Lipinski definition) is 5. The lowest BCUT2D eigenvalue weighted by atomic mass is 9.79. The molecule has 0 N–H and O–H groups in total. The molecular formula is C21H23FN4O. The summed E-state index contributed by atoms with van der Waals surface area (Å²) in [6.07, 6.45) is 2.55. The third kappa shape index (κ3) is 3.80. The van der Waals surface area contributed by atoms with Crippen LogP contribution >= 0.6 is 0 Å². The van der Waals surface area contributed by atoms with Crippen LogP contribution in [0.5, 0.6) is 0 Å². The number of benzene rings is 1. The molecular weight excluding hydrogens is 343 g/mol. The fourth-order valence-electron chi connectivity index (χ4n) is 4.07. The van der Waals surface area contributed by atoms with Crippen molar-refractivity contribution in [3.05, 3.63) is 59.5 Å². The lowest BCUT2D eigenvalue weighted by Gasteiger charge is -2.40. The van der Waals surface area contributed by atoms with Crippen LogP contribution in [0.3, 0.4) is 0 Å². The highest BCUT2D eigenvalue weighted by atomic mass is 19.1. The topological polar surface area (TPSA) is 52.4 Å². The molecule has 2 saturated heterocycles. The monoisotopic (exact) mass is 366 g/mol. The van der Waals surface area contributed by atoms with Gasteiger partial charge in [0.15, 0.2) is 0 Å². The smallest absolute Gasteiger partial charge is 0.128 e. The van der Waals surface area contributed by atoms with Gasteiger partial charge in [0.2, 0.25) is 0 Å². The van der Waals surface area contributed by atoms with E-state index in [-0.39, 0.29) is 11.2 Å². The molecule has 1 atom stereocenters. The Kier molecular flexibility index (Phi) is 5.06. The summed E-state index contributed by atoms with van der Waals surface area (Å²) < 4.78 is 19.5. The molecule has 1 aromatic carbocycles. The number of piperazine rings is 1. The minimum Gasteiger partial charge on any atom is -0.380 e. The van der Waals surface area contributed by atoms with Gasteiger partial charge in [-0.2, -0.15) is 5.26 Å². The van der Waals surface area contributed by atoms with Crippen LogP contribution in [0.4, 0.5) is 10.2 Å². The maximum atomic E-state index is 13.8. The van der Waals surface area contributed by atoms with Crippen molar-refractivity contribution in [2.75, 3.05) is 50.8 Å². The van der Waals surface area contributed by atoms with Crippen LogP contribution in [0.2, 0.25) is 0 Å². The van der Waals surface area contributed by atoms with Gasteiger partial charge in [-0.15, -0.1) is 0 Å². The molecule has 0 radical (unpaired) electrons. The third-order valence-corrected chi connectivity index (χ3v) is 5.64. The molecule has 5 nitrogen and oxygen atoms in total. The lowest BCUT2D eigenvalue weighted by molar-refractivity contribution is 0.146. The van der Waals surface area contributed by atoms with E-state index in [0.717, 1.165) is 57.1 Å². The number of aromatic nitrogens is 1. The molecule has 0 unspecified atom stereocenters. The van der Waals surface area contributed by atoms with Crippen molar-refractivity contribution in [3.63, 3.8) is 0 Å². The van der Waals surface area contributed by atoms with Gasteiger partial charge >= 0.3 is 0 Å². The van der Waals surface area contributed by atoms with Crippen LogP contribution in [0, 0.1) is 17.1 Å². The zero-order chi connectivity index (χ0) is 18.7. The van der Waals surface area contributed by atoms with Gasteiger partial charge in [0.1, 0.15) is 17.7 Å². The summed E-state index contributed by atoms with van der Waals surface area (Å²) in [4.78, 5) is 9.09. The first-order valence-corrected chi connectivity index (χ1v) is 9.36. The summed E-state index contributed by atoms with van der Waals surface area (Å²) in [5, 5.41) is 8.90. The standard InChI is InChI=1S/C21H23FN4O/c22-19-3-1-2-18(12-19)21(6-11-27-16-21)15-25-7-9-26(10-8-25)20-5-4-17(13-23)14-24-20/h1-5,12,14H,6-11,15-16H2/t21-/m1/s1. The van der Waals surface area contributed by atoms with Crippen molar-refractivity contribution in [1.29, 1.82) is 5.26 Å². The van der Waals surface area contributed by atoms with Crippen molar-refractivity contribution in [2.24, 2.45) is 0 Å². The average Bonchev–Trinajstić information content (AvgIpc) is 3.18. The zero-order valence-electron chi connectivity index (χ0n) is 15.3. The van der Waals surface area contributed by atoms with E-state index in [0.29, 0.717) is 12.2 Å². The molecule has 27 heavy (non-hydrogen) atoms. The number of nitrogens with zero attached hydrogens (tertiary/aromatic N) is 4. The van der Waals surface area contributed by atoms with Crippen molar-refractivity contribution in [2.45, 2.75) is 11.8 Å². The van der Waals surface area contributed by atoms with Gasteiger partial charge < -0.3 is 9.64 Å². The average molecular weight is 366 g/mol. The molecule has 0 amide bonds. The lowest BCUT2D eigenvalue weighted by Crippen LogP contribution is -2.51. The number of rotatable bonds is 4. The van der Waals surface area contributed by atoms with Crippen LogP contribution in [-0.2, 0) is 10.2 Å². The molecule has 3 heterocycles. The zero-order valence-corrected chi connectivity index (χ0v) is 15.3. The van der Waals surface area contributed by atoms with Crippen molar-refractivity contribution >= 4 is 5.82 Å². The van der Waals surface area contributed by atoms with E-state index in [9.17, 15) is 4.39 Å². The molecule has 0 saturated carbocycles. The van der Waals surface area contributed by atoms with E-state index in [1.54, 1.807) is 18.3 Å². The van der Waals surface area contributed by atoms with E-state index in [1.165, 1.54) is 6.07 Å². The Morgan fingerprint density at radius 2 is 2.04 bits per heavy atom. The predicted octanol–water partition coefficient (Wildman–Crippen LogP) is 2.57. The molecule has 0 spiro atoms. The van der Waals surface area contributed by atoms with Gasteiger partial charge in [-0.25, -0.2) is 9.37 Å². The third-order valence-electron chi connectivity index (χ3n) is 5.64. The summed E-state index contributed by atoms with van der Waals surface area (Å²) in [6.45, 7) is 5.89. The molecule has 4 rings (SSSR count). The first-order chi connectivity index (χ1) is 13.2. The van der Waals surface area contributed by atoms with E-state index in [2.05, 4.69) is 20.9 Å². The van der Waals surface area contributed by atoms with Gasteiger partial charge in [-0.1, -0.05) is 12.1 Å². The maximum absolute atomic E-state index is 13.8. The summed E-state index contributed by atoms with van der Waals surface area (Å²) >= 11 is 0. The maximum Gasteiger partial charge on any atom is 0.128 e. The number of halogens is 1. The van der Waals surface area contributed by atoms with E-state index >= 15 is 0 Å². The van der Waals surface area contributed by atoms with Crippen molar-refractivity contribution in [1.82, 2.24) is 9.88 Å². The molecule has 1 aromatic heterocycles. The van der Waals surface area contributed by atoms with Crippen molar-refractivity contribution < 1.29 is 9.13 Å². The van der Waals surface area contributed by atoms with Crippen molar-refractivity contribution in [3.8, 4) is 6.07 Å². The number of pyridine rings is 1. The Labute approximate surface area is 159 Å². The highest BCUT2D eigenvalue weighted by Crippen LogP contribution is 2.35. The molecule has 140 valence electrons. The summed E-state index contributed by atoms with van der Waals surface area (Å²) in [7, 11) is 0. The van der Waals surface area contributed by atoms with Gasteiger partial charge in [0, 0.05) is 50.9 Å². The van der Waals surface area contributed by atoms with Gasteiger partial charge in [0.05, 0.1) is 12.2 Å². The summed E-state index contributed by atoms with van der Waals surface area (Å²) in [5.74, 6) is 0.730. The molecule has 2 aromatic rings. The second-order valence-corrected chi connectivity index (χ2v) is 7.37. The van der Waals surface area contributed by atoms with E-state index in [1.807, 2.05) is 18.2 Å². The van der Waals surface area contributed by atoms with Gasteiger partial charge in [0.25, 0.3) is 0 Å². The van der Waals surface area contributed by atoms with Crippen LogP contribution in [0.25, 0.3) is 0 Å². The molecule has 2 aliphatic rings. The number of anilines is 1. The Bertz CT molecular complexity index is 819.